The molecule has 102 valence electrons. The number of aliphatic carboxylic acids is 1. The van der Waals surface area contributed by atoms with E-state index in [1.807, 2.05) is 0 Å². The number of aliphatic hydroxyl groups excluding tert-OH is 1. The second-order valence-corrected chi connectivity index (χ2v) is 4.28. The molecule has 3 amide bonds. The van der Waals surface area contributed by atoms with Crippen LogP contribution in [0.1, 0.15) is 13.3 Å². The van der Waals surface area contributed by atoms with E-state index in [0.717, 1.165) is 0 Å². The Balaban J connectivity index is 2.51. The number of aliphatic hydroxyl groups is 1. The van der Waals surface area contributed by atoms with Crippen LogP contribution in [-0.2, 0) is 9.59 Å². The van der Waals surface area contributed by atoms with Gasteiger partial charge in [0.1, 0.15) is 6.04 Å². The van der Waals surface area contributed by atoms with E-state index >= 15 is 0 Å². The summed E-state index contributed by atoms with van der Waals surface area (Å²) in [4.78, 5) is 35.2. The zero-order valence-corrected chi connectivity index (χ0v) is 10.2. The SMILES string of the molecule is CC(O)C(NC(=O)NC1CCN(C)C1=O)C(=O)O. The first-order valence-electron chi connectivity index (χ1n) is 5.55. The van der Waals surface area contributed by atoms with E-state index in [2.05, 4.69) is 10.6 Å². The van der Waals surface area contributed by atoms with Crippen molar-refractivity contribution in [2.24, 2.45) is 0 Å². The molecule has 1 aliphatic heterocycles. The van der Waals surface area contributed by atoms with E-state index in [1.54, 1.807) is 7.05 Å². The number of hydrogen-bond acceptors (Lipinski definition) is 4. The topological polar surface area (TPSA) is 119 Å². The Bertz CT molecular complexity index is 357. The molecule has 0 aromatic rings. The summed E-state index contributed by atoms with van der Waals surface area (Å²) in [6.45, 7) is 1.80. The summed E-state index contributed by atoms with van der Waals surface area (Å²) in [7, 11) is 1.62. The molecular formula is C10H17N3O5. The first kappa shape index (κ1) is 14.2. The monoisotopic (exact) mass is 259 g/mol. The first-order valence-corrected chi connectivity index (χ1v) is 5.55. The molecule has 8 nitrogen and oxygen atoms in total. The van der Waals surface area contributed by atoms with Crippen LogP contribution >= 0.6 is 0 Å². The lowest BCUT2D eigenvalue weighted by molar-refractivity contribution is -0.141. The predicted octanol–water partition coefficient (Wildman–Crippen LogP) is -1.65. The summed E-state index contributed by atoms with van der Waals surface area (Å²) in [5.74, 6) is -1.55. The van der Waals surface area contributed by atoms with Gasteiger partial charge in [0, 0.05) is 13.6 Å². The molecule has 0 aromatic carbocycles. The molecule has 0 aliphatic carbocycles. The van der Waals surface area contributed by atoms with Crippen LogP contribution in [0.3, 0.4) is 0 Å². The molecule has 8 heteroatoms. The molecule has 0 spiro atoms. The van der Waals surface area contributed by atoms with Gasteiger partial charge in [-0.25, -0.2) is 9.59 Å². The minimum atomic E-state index is -1.40. The standard InChI is InChI=1S/C10H17N3O5/c1-5(14)7(9(16)17)12-10(18)11-6-3-4-13(2)8(6)15/h5-7,14H,3-4H2,1-2H3,(H,16,17)(H2,11,12,18). The van der Waals surface area contributed by atoms with Crippen LogP contribution in [0, 0.1) is 0 Å². The number of amides is 3. The minimum Gasteiger partial charge on any atom is -0.480 e. The molecule has 0 saturated carbocycles. The van der Waals surface area contributed by atoms with Gasteiger partial charge in [-0.05, 0) is 13.3 Å². The number of carbonyl (C=O) groups excluding carboxylic acids is 2. The maximum absolute atomic E-state index is 11.5. The van der Waals surface area contributed by atoms with Crippen molar-refractivity contribution >= 4 is 17.9 Å². The molecule has 4 N–H and O–H groups in total. The lowest BCUT2D eigenvalue weighted by atomic mass is 10.2. The molecule has 3 atom stereocenters. The van der Waals surface area contributed by atoms with Gasteiger partial charge in [-0.3, -0.25) is 4.79 Å². The van der Waals surface area contributed by atoms with Crippen molar-refractivity contribution in [3.05, 3.63) is 0 Å². The molecule has 0 bridgehead atoms. The van der Waals surface area contributed by atoms with Crippen LogP contribution in [0.4, 0.5) is 4.79 Å². The number of carboxylic acids is 1. The summed E-state index contributed by atoms with van der Waals surface area (Å²) >= 11 is 0. The van der Waals surface area contributed by atoms with Crippen molar-refractivity contribution in [2.75, 3.05) is 13.6 Å². The van der Waals surface area contributed by atoms with Gasteiger partial charge < -0.3 is 25.7 Å². The van der Waals surface area contributed by atoms with Crippen LogP contribution in [0.2, 0.25) is 0 Å². The van der Waals surface area contributed by atoms with E-state index in [1.165, 1.54) is 11.8 Å². The van der Waals surface area contributed by atoms with Crippen molar-refractivity contribution in [1.29, 1.82) is 0 Å². The quantitative estimate of drug-likeness (QED) is 0.482. The Morgan fingerprint density at radius 2 is 2.11 bits per heavy atom. The largest absolute Gasteiger partial charge is 0.480 e. The fourth-order valence-electron chi connectivity index (χ4n) is 1.69. The molecule has 18 heavy (non-hydrogen) atoms. The number of carbonyl (C=O) groups is 3. The second kappa shape index (κ2) is 5.67. The van der Waals surface area contributed by atoms with Crippen molar-refractivity contribution < 1.29 is 24.6 Å². The molecule has 1 saturated heterocycles. The average Bonchev–Trinajstić information content (AvgIpc) is 2.57. The second-order valence-electron chi connectivity index (χ2n) is 4.28. The van der Waals surface area contributed by atoms with Gasteiger partial charge in [0.25, 0.3) is 0 Å². The smallest absolute Gasteiger partial charge is 0.328 e. The van der Waals surface area contributed by atoms with Gasteiger partial charge in [-0.15, -0.1) is 0 Å². The van der Waals surface area contributed by atoms with Crippen molar-refractivity contribution in [1.82, 2.24) is 15.5 Å². The highest BCUT2D eigenvalue weighted by Crippen LogP contribution is 2.08. The summed E-state index contributed by atoms with van der Waals surface area (Å²) < 4.78 is 0. The summed E-state index contributed by atoms with van der Waals surface area (Å²) in [5.41, 5.74) is 0. The van der Waals surface area contributed by atoms with E-state index in [-0.39, 0.29) is 5.91 Å². The van der Waals surface area contributed by atoms with E-state index in [9.17, 15) is 19.5 Å². The predicted molar refractivity (Wildman–Crippen MR) is 60.8 cm³/mol. The highest BCUT2D eigenvalue weighted by molar-refractivity contribution is 5.90. The number of carboxylic acid groups (broad SMARTS) is 1. The van der Waals surface area contributed by atoms with Crippen LogP contribution in [0.5, 0.6) is 0 Å². The maximum atomic E-state index is 11.5. The Kier molecular flexibility index (Phi) is 4.49. The average molecular weight is 259 g/mol. The Labute approximate surface area is 104 Å². The zero-order chi connectivity index (χ0) is 13.9. The minimum absolute atomic E-state index is 0.214. The van der Waals surface area contributed by atoms with Crippen molar-refractivity contribution in [2.45, 2.75) is 31.5 Å². The number of hydrogen-bond donors (Lipinski definition) is 4. The molecular weight excluding hydrogens is 242 g/mol. The maximum Gasteiger partial charge on any atom is 0.328 e. The van der Waals surface area contributed by atoms with Gasteiger partial charge in [0.05, 0.1) is 6.10 Å². The number of urea groups is 1. The number of likely N-dealkylation sites (N-methyl/N-ethyl adjacent to an activating group) is 1. The number of nitrogens with one attached hydrogen (secondary N) is 2. The van der Waals surface area contributed by atoms with Gasteiger partial charge in [-0.1, -0.05) is 0 Å². The molecule has 0 aromatic heterocycles. The summed E-state index contributed by atoms with van der Waals surface area (Å²) in [6.07, 6.45) is -0.745. The fourth-order valence-corrected chi connectivity index (χ4v) is 1.69. The van der Waals surface area contributed by atoms with E-state index in [4.69, 9.17) is 5.11 Å². The highest BCUT2D eigenvalue weighted by Gasteiger charge is 2.32. The van der Waals surface area contributed by atoms with Crippen LogP contribution < -0.4 is 10.6 Å². The van der Waals surface area contributed by atoms with E-state index in [0.29, 0.717) is 13.0 Å². The molecule has 1 rings (SSSR count). The molecule has 1 aliphatic rings. The number of nitrogens with zero attached hydrogens (tertiary/aromatic N) is 1. The zero-order valence-electron chi connectivity index (χ0n) is 10.2. The highest BCUT2D eigenvalue weighted by atomic mass is 16.4. The lowest BCUT2D eigenvalue weighted by Gasteiger charge is -2.19. The molecule has 1 fully saturated rings. The summed E-state index contributed by atoms with van der Waals surface area (Å²) in [6, 6.07) is -2.82. The Morgan fingerprint density at radius 1 is 1.50 bits per heavy atom. The normalized spacial score (nSPS) is 22.5. The third-order valence-corrected chi connectivity index (χ3v) is 2.77. The van der Waals surface area contributed by atoms with Crippen molar-refractivity contribution in [3.8, 4) is 0 Å². The third-order valence-electron chi connectivity index (χ3n) is 2.77. The lowest BCUT2D eigenvalue weighted by Crippen LogP contribution is -2.54. The van der Waals surface area contributed by atoms with E-state index < -0.39 is 30.2 Å². The van der Waals surface area contributed by atoms with Gasteiger partial charge >= 0.3 is 12.0 Å². The first-order chi connectivity index (χ1) is 8.32. The number of likely N-dealkylation sites (tertiary alicyclic amines) is 1. The van der Waals surface area contributed by atoms with Crippen LogP contribution in [-0.4, -0.2) is 64.8 Å². The third kappa shape index (κ3) is 3.33. The molecule has 0 radical (unpaired) electrons. The summed E-state index contributed by atoms with van der Waals surface area (Å²) in [5, 5.41) is 22.4. The van der Waals surface area contributed by atoms with Gasteiger partial charge in [0.15, 0.2) is 6.04 Å². The molecule has 1 heterocycles. The van der Waals surface area contributed by atoms with Crippen LogP contribution in [0.25, 0.3) is 0 Å². The molecule has 3 unspecified atom stereocenters. The number of rotatable bonds is 4. The van der Waals surface area contributed by atoms with Gasteiger partial charge in [-0.2, -0.15) is 0 Å². The fraction of sp³-hybridized carbons (Fsp3) is 0.700. The van der Waals surface area contributed by atoms with Crippen LogP contribution in [0.15, 0.2) is 0 Å². The Hall–Kier alpha value is -1.83. The Morgan fingerprint density at radius 3 is 2.50 bits per heavy atom. The van der Waals surface area contributed by atoms with Crippen molar-refractivity contribution in [3.63, 3.8) is 0 Å². The van der Waals surface area contributed by atoms with Gasteiger partial charge in [0.2, 0.25) is 5.91 Å².